The van der Waals surface area contributed by atoms with Gasteiger partial charge in [-0.15, -0.1) is 0 Å². The van der Waals surface area contributed by atoms with Gasteiger partial charge in [0.2, 0.25) is 0 Å². The van der Waals surface area contributed by atoms with Crippen LogP contribution >= 0.6 is 0 Å². The molecular formula is C16H20N4O2. The van der Waals surface area contributed by atoms with Crippen molar-refractivity contribution in [2.45, 2.75) is 26.9 Å². The third-order valence-corrected chi connectivity index (χ3v) is 3.74. The van der Waals surface area contributed by atoms with Crippen LogP contribution in [-0.2, 0) is 13.1 Å². The molecule has 0 unspecified atom stereocenters. The molecule has 0 atom stereocenters. The highest BCUT2D eigenvalue weighted by Crippen LogP contribution is 2.28. The van der Waals surface area contributed by atoms with Gasteiger partial charge in [-0.1, -0.05) is 32.0 Å². The molecule has 3 N–H and O–H groups in total. The van der Waals surface area contributed by atoms with Crippen molar-refractivity contribution in [2.75, 3.05) is 12.3 Å². The second kappa shape index (κ2) is 5.46. The molecule has 0 radical (unpaired) electrons. The fourth-order valence-electron chi connectivity index (χ4n) is 2.92. The lowest BCUT2D eigenvalue weighted by Crippen LogP contribution is -2.25. The molecule has 0 aliphatic carbocycles. The third kappa shape index (κ3) is 2.16. The van der Waals surface area contributed by atoms with Crippen molar-refractivity contribution in [3.63, 3.8) is 0 Å². The van der Waals surface area contributed by atoms with E-state index in [2.05, 4.69) is 18.9 Å². The maximum atomic E-state index is 12.9. The maximum absolute atomic E-state index is 12.9. The smallest absolute Gasteiger partial charge is 0.260 e. The molecule has 0 saturated heterocycles. The van der Waals surface area contributed by atoms with E-state index in [1.165, 1.54) is 0 Å². The van der Waals surface area contributed by atoms with Gasteiger partial charge in [0.15, 0.2) is 5.82 Å². The van der Waals surface area contributed by atoms with E-state index in [0.717, 1.165) is 10.8 Å². The van der Waals surface area contributed by atoms with Gasteiger partial charge in [0.25, 0.3) is 5.56 Å². The van der Waals surface area contributed by atoms with Crippen molar-refractivity contribution in [3.05, 3.63) is 34.6 Å². The molecule has 6 nitrogen and oxygen atoms in total. The number of hydrogen-bond donors (Lipinski definition) is 2. The van der Waals surface area contributed by atoms with Crippen LogP contribution < -0.4 is 11.3 Å². The first-order valence-corrected chi connectivity index (χ1v) is 7.43. The van der Waals surface area contributed by atoms with Gasteiger partial charge in [0.05, 0.1) is 18.5 Å². The summed E-state index contributed by atoms with van der Waals surface area (Å²) in [6.45, 7) is 4.95. The molecule has 22 heavy (non-hydrogen) atoms. The number of aliphatic hydroxyl groups is 1. The number of nitrogens with zero attached hydrogens (tertiary/aromatic N) is 3. The fourth-order valence-corrected chi connectivity index (χ4v) is 2.92. The van der Waals surface area contributed by atoms with E-state index in [-0.39, 0.29) is 12.2 Å². The van der Waals surface area contributed by atoms with Gasteiger partial charge >= 0.3 is 0 Å². The number of rotatable bonds is 4. The molecule has 2 aromatic heterocycles. The molecule has 0 amide bonds. The van der Waals surface area contributed by atoms with Crippen LogP contribution in [0.2, 0.25) is 0 Å². The van der Waals surface area contributed by atoms with Crippen molar-refractivity contribution in [2.24, 2.45) is 5.92 Å². The second-order valence-corrected chi connectivity index (χ2v) is 5.89. The first-order valence-electron chi connectivity index (χ1n) is 7.43. The predicted octanol–water partition coefficient (Wildman–Crippen LogP) is 1.58. The number of fused-ring (bicyclic) bond motifs is 3. The first kappa shape index (κ1) is 14.6. The summed E-state index contributed by atoms with van der Waals surface area (Å²) < 4.78 is 3.35. The Balaban J connectivity index is 2.51. The van der Waals surface area contributed by atoms with Crippen LogP contribution in [0, 0.1) is 5.92 Å². The molecule has 116 valence electrons. The summed E-state index contributed by atoms with van der Waals surface area (Å²) in [6, 6.07) is 7.44. The highest BCUT2D eigenvalue weighted by atomic mass is 16.3. The fraction of sp³-hybridized carbons (Fsp3) is 0.375. The van der Waals surface area contributed by atoms with Crippen LogP contribution in [0.1, 0.15) is 13.8 Å². The quantitative estimate of drug-likeness (QED) is 0.766. The van der Waals surface area contributed by atoms with E-state index in [1.807, 2.05) is 24.3 Å². The molecule has 0 aliphatic rings. The maximum Gasteiger partial charge on any atom is 0.260 e. The summed E-state index contributed by atoms with van der Waals surface area (Å²) in [5.41, 5.74) is 6.73. The lowest BCUT2D eigenvalue weighted by Gasteiger charge is -2.14. The van der Waals surface area contributed by atoms with Gasteiger partial charge in [0.1, 0.15) is 5.65 Å². The van der Waals surface area contributed by atoms with Crippen molar-refractivity contribution in [3.8, 4) is 0 Å². The van der Waals surface area contributed by atoms with Crippen LogP contribution in [-0.4, -0.2) is 26.1 Å². The Kier molecular flexibility index (Phi) is 3.62. The van der Waals surface area contributed by atoms with Crippen molar-refractivity contribution < 1.29 is 5.11 Å². The number of anilines is 1. The SMILES string of the molecule is CC(C)Cn1c(=O)c2ccccc2c2c(N)nn(CCO)c21. The van der Waals surface area contributed by atoms with Crippen LogP contribution in [0.25, 0.3) is 21.8 Å². The average Bonchev–Trinajstić information content (AvgIpc) is 2.80. The standard InChI is InChI=1S/C16H20N4O2/c1-10(2)9-19-15-13(14(17)18-20(15)7-8-21)11-5-3-4-6-12(11)16(19)22/h3-6,10,21H,7-9H2,1-2H3,(H2,17,18). The molecule has 3 aromatic rings. The summed E-state index contributed by atoms with van der Waals surface area (Å²) in [5.74, 6) is 0.693. The lowest BCUT2D eigenvalue weighted by atomic mass is 10.1. The summed E-state index contributed by atoms with van der Waals surface area (Å²) in [4.78, 5) is 12.9. The largest absolute Gasteiger partial charge is 0.394 e. The molecule has 0 fully saturated rings. The number of benzene rings is 1. The molecule has 0 bridgehead atoms. The predicted molar refractivity (Wildman–Crippen MR) is 87.8 cm³/mol. The molecule has 3 rings (SSSR count). The topological polar surface area (TPSA) is 86.1 Å². The van der Waals surface area contributed by atoms with E-state index in [0.29, 0.717) is 35.9 Å². The van der Waals surface area contributed by atoms with Gasteiger partial charge in [-0.05, 0) is 12.0 Å². The number of hydrogen-bond acceptors (Lipinski definition) is 4. The minimum atomic E-state index is -0.0566. The summed E-state index contributed by atoms with van der Waals surface area (Å²) in [7, 11) is 0. The van der Waals surface area contributed by atoms with Crippen LogP contribution in [0.4, 0.5) is 5.82 Å². The normalized spacial score (nSPS) is 11.8. The van der Waals surface area contributed by atoms with Crippen LogP contribution in [0.5, 0.6) is 0 Å². The van der Waals surface area contributed by atoms with Crippen molar-refractivity contribution >= 4 is 27.6 Å². The molecule has 2 heterocycles. The lowest BCUT2D eigenvalue weighted by molar-refractivity contribution is 0.270. The van der Waals surface area contributed by atoms with Gasteiger partial charge in [-0.3, -0.25) is 9.36 Å². The van der Waals surface area contributed by atoms with Crippen LogP contribution in [0.3, 0.4) is 0 Å². The minimum Gasteiger partial charge on any atom is -0.394 e. The Morgan fingerprint density at radius 1 is 1.27 bits per heavy atom. The Bertz CT molecular complexity index is 892. The number of aliphatic hydroxyl groups excluding tert-OH is 1. The van der Waals surface area contributed by atoms with E-state index in [9.17, 15) is 9.90 Å². The van der Waals surface area contributed by atoms with E-state index in [1.54, 1.807) is 9.25 Å². The molecule has 0 aliphatic heterocycles. The number of aromatic nitrogens is 3. The summed E-state index contributed by atoms with van der Waals surface area (Å²) in [6.07, 6.45) is 0. The Hall–Kier alpha value is -2.34. The zero-order valence-corrected chi connectivity index (χ0v) is 12.8. The number of nitrogens with two attached hydrogens (primary N) is 1. The molecule has 0 spiro atoms. The minimum absolute atomic E-state index is 0.0455. The third-order valence-electron chi connectivity index (χ3n) is 3.74. The van der Waals surface area contributed by atoms with Crippen molar-refractivity contribution in [1.82, 2.24) is 14.3 Å². The average molecular weight is 300 g/mol. The Morgan fingerprint density at radius 3 is 2.59 bits per heavy atom. The van der Waals surface area contributed by atoms with Gasteiger partial charge in [-0.25, -0.2) is 4.68 Å². The molecular weight excluding hydrogens is 280 g/mol. The Morgan fingerprint density at radius 2 is 1.95 bits per heavy atom. The van der Waals surface area contributed by atoms with Crippen LogP contribution in [0.15, 0.2) is 29.1 Å². The van der Waals surface area contributed by atoms with Gasteiger partial charge in [0, 0.05) is 17.3 Å². The number of pyridine rings is 1. The van der Waals surface area contributed by atoms with Crippen molar-refractivity contribution in [1.29, 1.82) is 0 Å². The second-order valence-electron chi connectivity index (χ2n) is 5.89. The van der Waals surface area contributed by atoms with Gasteiger partial charge < -0.3 is 10.8 Å². The molecule has 1 aromatic carbocycles. The molecule has 0 saturated carbocycles. The molecule has 6 heteroatoms. The zero-order chi connectivity index (χ0) is 15.9. The first-order chi connectivity index (χ1) is 10.5. The number of nitrogen functional groups attached to an aromatic ring is 1. The summed E-state index contributed by atoms with van der Waals surface area (Å²) >= 11 is 0. The highest BCUT2D eigenvalue weighted by Gasteiger charge is 2.18. The van der Waals surface area contributed by atoms with Gasteiger partial charge in [-0.2, -0.15) is 5.10 Å². The highest BCUT2D eigenvalue weighted by molar-refractivity contribution is 6.09. The Labute approximate surface area is 127 Å². The van der Waals surface area contributed by atoms with E-state index >= 15 is 0 Å². The van der Waals surface area contributed by atoms with E-state index < -0.39 is 0 Å². The summed E-state index contributed by atoms with van der Waals surface area (Å²) in [5, 5.41) is 15.8. The zero-order valence-electron chi connectivity index (χ0n) is 12.8. The van der Waals surface area contributed by atoms with E-state index in [4.69, 9.17) is 5.73 Å². The monoisotopic (exact) mass is 300 g/mol.